The fourth-order valence-electron chi connectivity index (χ4n) is 3.00. The van der Waals surface area contributed by atoms with E-state index in [4.69, 9.17) is 11.1 Å². The molecule has 25 heavy (non-hydrogen) atoms. The van der Waals surface area contributed by atoms with Gasteiger partial charge in [0.25, 0.3) is 0 Å². The molecular weight excluding hydrogens is 304 g/mol. The normalized spacial score (nSPS) is 13.5. The molecule has 2 heteroatoms. The van der Waals surface area contributed by atoms with Gasteiger partial charge in [0.05, 0.1) is 5.84 Å². The quantitative estimate of drug-likeness (QED) is 0.558. The summed E-state index contributed by atoms with van der Waals surface area (Å²) in [5.74, 6) is 0.151. The van der Waals surface area contributed by atoms with E-state index in [1.54, 1.807) is 0 Å². The van der Waals surface area contributed by atoms with E-state index < -0.39 is 0 Å². The zero-order chi connectivity index (χ0) is 18.8. The smallest absolute Gasteiger partial charge is 0.0985 e. The zero-order valence-corrected chi connectivity index (χ0v) is 16.5. The highest BCUT2D eigenvalue weighted by Crippen LogP contribution is 2.27. The van der Waals surface area contributed by atoms with Gasteiger partial charge in [-0.15, -0.1) is 0 Å². The summed E-state index contributed by atoms with van der Waals surface area (Å²) in [5.41, 5.74) is 11.2. The van der Waals surface area contributed by atoms with Crippen LogP contribution in [0, 0.1) is 5.41 Å². The number of nitrogens with one attached hydrogen (secondary N) is 1. The molecule has 2 rings (SSSR count). The summed E-state index contributed by atoms with van der Waals surface area (Å²) in [6, 6.07) is 17.3. The molecule has 1 unspecified atom stereocenters. The van der Waals surface area contributed by atoms with Crippen molar-refractivity contribution in [2.75, 3.05) is 0 Å². The minimum atomic E-state index is -0.0745. The fraction of sp³-hybridized carbons (Fsp3) is 0.435. The summed E-state index contributed by atoms with van der Waals surface area (Å²) >= 11 is 0. The first-order valence-electron chi connectivity index (χ1n) is 9.02. The molecule has 2 nitrogen and oxygen atoms in total. The Bertz CT molecular complexity index is 711. The van der Waals surface area contributed by atoms with Gasteiger partial charge in [-0.05, 0) is 39.5 Å². The Labute approximate surface area is 153 Å². The molecule has 2 aromatic carbocycles. The number of amidine groups is 1. The number of hydrogen-bond acceptors (Lipinski definition) is 1. The Morgan fingerprint density at radius 1 is 0.800 bits per heavy atom. The highest BCUT2D eigenvalue weighted by Gasteiger charge is 2.19. The molecule has 0 heterocycles. The molecule has 1 atom stereocenters. The Hall–Kier alpha value is -2.09. The van der Waals surface area contributed by atoms with E-state index in [2.05, 4.69) is 90.1 Å². The number of rotatable bonds is 4. The van der Waals surface area contributed by atoms with Crippen molar-refractivity contribution in [1.29, 1.82) is 5.41 Å². The highest BCUT2D eigenvalue weighted by atomic mass is 14.7. The van der Waals surface area contributed by atoms with Crippen LogP contribution in [0.2, 0.25) is 0 Å². The first-order chi connectivity index (χ1) is 11.5. The molecule has 0 saturated carbocycles. The average Bonchev–Trinajstić information content (AvgIpc) is 2.51. The van der Waals surface area contributed by atoms with Crippen LogP contribution in [0.5, 0.6) is 0 Å². The maximum atomic E-state index is 8.03. The van der Waals surface area contributed by atoms with Crippen molar-refractivity contribution in [3.63, 3.8) is 0 Å². The van der Waals surface area contributed by atoms with Crippen LogP contribution in [-0.2, 0) is 17.3 Å². The van der Waals surface area contributed by atoms with Crippen LogP contribution in [0.25, 0.3) is 0 Å². The first kappa shape index (κ1) is 19.2. The van der Waals surface area contributed by atoms with E-state index in [1.165, 1.54) is 16.7 Å². The van der Waals surface area contributed by atoms with Crippen molar-refractivity contribution in [2.45, 2.75) is 64.7 Å². The van der Waals surface area contributed by atoms with Crippen LogP contribution in [0.4, 0.5) is 0 Å². The van der Waals surface area contributed by atoms with Gasteiger partial charge < -0.3 is 5.73 Å². The van der Waals surface area contributed by atoms with Crippen LogP contribution in [-0.4, -0.2) is 5.84 Å². The van der Waals surface area contributed by atoms with Crippen molar-refractivity contribution < 1.29 is 0 Å². The Morgan fingerprint density at radius 3 is 1.56 bits per heavy atom. The molecule has 2 aromatic rings. The van der Waals surface area contributed by atoms with Gasteiger partial charge in [0.2, 0.25) is 0 Å². The van der Waals surface area contributed by atoms with Crippen LogP contribution in [0.15, 0.2) is 48.5 Å². The second kappa shape index (κ2) is 7.03. The fourth-order valence-corrected chi connectivity index (χ4v) is 3.00. The minimum Gasteiger partial charge on any atom is -0.387 e. The lowest BCUT2D eigenvalue weighted by molar-refractivity contribution is 0.589. The Kier molecular flexibility index (Phi) is 5.41. The summed E-state index contributed by atoms with van der Waals surface area (Å²) in [6.45, 7) is 13.3. The van der Waals surface area contributed by atoms with Crippen LogP contribution < -0.4 is 5.73 Å². The van der Waals surface area contributed by atoms with E-state index >= 15 is 0 Å². The van der Waals surface area contributed by atoms with Crippen molar-refractivity contribution in [3.8, 4) is 0 Å². The van der Waals surface area contributed by atoms with E-state index in [9.17, 15) is 0 Å². The summed E-state index contributed by atoms with van der Waals surface area (Å²) in [5, 5.41) is 8.03. The maximum Gasteiger partial charge on any atom is 0.0985 e. The molecule has 0 spiro atoms. The SMILES string of the molecule is CC(C)(C)c1ccc(CC(C(=N)N)c2ccc(C(C)(C)C)cc2)cc1. The van der Waals surface area contributed by atoms with Crippen LogP contribution >= 0.6 is 0 Å². The minimum absolute atomic E-state index is 0.0745. The Balaban J connectivity index is 2.23. The summed E-state index contributed by atoms with van der Waals surface area (Å²) in [7, 11) is 0. The number of benzene rings is 2. The van der Waals surface area contributed by atoms with Crippen LogP contribution in [0.3, 0.4) is 0 Å². The monoisotopic (exact) mass is 336 g/mol. The van der Waals surface area contributed by atoms with Gasteiger partial charge in [0.1, 0.15) is 0 Å². The van der Waals surface area contributed by atoms with Crippen LogP contribution in [0.1, 0.15) is 69.7 Å². The van der Waals surface area contributed by atoms with Crippen molar-refractivity contribution >= 4 is 5.84 Å². The summed E-state index contributed by atoms with van der Waals surface area (Å²) < 4.78 is 0. The molecule has 0 aliphatic rings. The van der Waals surface area contributed by atoms with Gasteiger partial charge >= 0.3 is 0 Å². The topological polar surface area (TPSA) is 49.9 Å². The molecule has 0 saturated heterocycles. The third kappa shape index (κ3) is 4.94. The molecular formula is C23H32N2. The van der Waals surface area contributed by atoms with E-state index in [-0.39, 0.29) is 22.6 Å². The molecule has 0 fully saturated rings. The predicted molar refractivity (Wildman–Crippen MR) is 109 cm³/mol. The van der Waals surface area contributed by atoms with Gasteiger partial charge in [0, 0.05) is 5.92 Å². The lowest BCUT2D eigenvalue weighted by atomic mass is 9.83. The Morgan fingerprint density at radius 2 is 1.20 bits per heavy atom. The third-order valence-electron chi connectivity index (χ3n) is 4.81. The highest BCUT2D eigenvalue weighted by molar-refractivity contribution is 5.84. The van der Waals surface area contributed by atoms with Gasteiger partial charge in [0.15, 0.2) is 0 Å². The maximum absolute atomic E-state index is 8.03. The third-order valence-corrected chi connectivity index (χ3v) is 4.81. The standard InChI is InChI=1S/C23H32N2/c1-22(2,3)18-11-7-16(8-12-18)15-20(21(24)25)17-9-13-19(14-10-17)23(4,5)6/h7-14,20H,15H2,1-6H3,(H3,24,25). The van der Waals surface area contributed by atoms with Crippen molar-refractivity contribution in [1.82, 2.24) is 0 Å². The summed E-state index contributed by atoms with van der Waals surface area (Å²) in [4.78, 5) is 0. The molecule has 0 aliphatic carbocycles. The molecule has 0 bridgehead atoms. The van der Waals surface area contributed by atoms with Gasteiger partial charge in [-0.3, -0.25) is 5.41 Å². The van der Waals surface area contributed by atoms with E-state index in [0.717, 1.165) is 12.0 Å². The van der Waals surface area contributed by atoms with Crippen molar-refractivity contribution in [3.05, 3.63) is 70.8 Å². The largest absolute Gasteiger partial charge is 0.387 e. The first-order valence-corrected chi connectivity index (χ1v) is 9.02. The second-order valence-electron chi connectivity index (χ2n) is 9.03. The van der Waals surface area contributed by atoms with Crippen molar-refractivity contribution in [2.24, 2.45) is 5.73 Å². The van der Waals surface area contributed by atoms with Gasteiger partial charge in [-0.2, -0.15) is 0 Å². The molecule has 134 valence electrons. The van der Waals surface area contributed by atoms with E-state index in [0.29, 0.717) is 0 Å². The second-order valence-corrected chi connectivity index (χ2v) is 9.03. The molecule has 0 aromatic heterocycles. The predicted octanol–water partition coefficient (Wildman–Crippen LogP) is 5.54. The number of hydrogen-bond donors (Lipinski definition) is 2. The lowest BCUT2D eigenvalue weighted by Crippen LogP contribution is -2.23. The van der Waals surface area contributed by atoms with Gasteiger partial charge in [-0.25, -0.2) is 0 Å². The molecule has 0 radical (unpaired) electrons. The van der Waals surface area contributed by atoms with E-state index in [1.807, 2.05) is 0 Å². The van der Waals surface area contributed by atoms with Gasteiger partial charge in [-0.1, -0.05) is 90.1 Å². The number of nitrogens with two attached hydrogens (primary N) is 1. The molecule has 0 aliphatic heterocycles. The average molecular weight is 337 g/mol. The molecule has 3 N–H and O–H groups in total. The lowest BCUT2D eigenvalue weighted by Gasteiger charge is -2.22. The zero-order valence-electron chi connectivity index (χ0n) is 16.5. The molecule has 0 amide bonds. The summed E-state index contributed by atoms with van der Waals surface area (Å²) in [6.07, 6.45) is 0.759.